The summed E-state index contributed by atoms with van der Waals surface area (Å²) >= 11 is 0. The van der Waals surface area contributed by atoms with E-state index in [4.69, 9.17) is 5.73 Å². The number of amides is 3. The molecule has 1 aliphatic heterocycles. The number of anilines is 1. The van der Waals surface area contributed by atoms with Crippen LogP contribution in [0.15, 0.2) is 12.4 Å². The van der Waals surface area contributed by atoms with Gasteiger partial charge in [0.2, 0.25) is 0 Å². The van der Waals surface area contributed by atoms with Crippen molar-refractivity contribution in [3.8, 4) is 0 Å². The van der Waals surface area contributed by atoms with Crippen molar-refractivity contribution in [1.82, 2.24) is 14.7 Å². The van der Waals surface area contributed by atoms with Crippen molar-refractivity contribution < 1.29 is 22.8 Å². The average Bonchev–Trinajstić information content (AvgIpc) is 2.80. The van der Waals surface area contributed by atoms with E-state index in [-0.39, 0.29) is 23.5 Å². The molecular formula is C11H14F3N5O2. The van der Waals surface area contributed by atoms with Crippen LogP contribution in [0.5, 0.6) is 0 Å². The van der Waals surface area contributed by atoms with E-state index in [0.29, 0.717) is 0 Å². The number of halogens is 3. The molecule has 0 aromatic carbocycles. The third-order valence-electron chi connectivity index (χ3n) is 3.40. The third kappa shape index (κ3) is 2.52. The number of nitrogens with two attached hydrogens (primary N) is 1. The van der Waals surface area contributed by atoms with Crippen LogP contribution >= 0.6 is 0 Å². The number of aromatic nitrogens is 2. The van der Waals surface area contributed by atoms with E-state index < -0.39 is 23.8 Å². The largest absolute Gasteiger partial charge is 0.504 e. The van der Waals surface area contributed by atoms with Crippen LogP contribution in [-0.2, 0) is 11.1 Å². The minimum Gasteiger partial charge on any atom is -0.351 e. The molecule has 1 aromatic rings. The summed E-state index contributed by atoms with van der Waals surface area (Å²) in [4.78, 5) is 26.0. The van der Waals surface area contributed by atoms with Gasteiger partial charge in [-0.3, -0.25) is 4.79 Å². The van der Waals surface area contributed by atoms with Crippen molar-refractivity contribution in [2.75, 3.05) is 18.0 Å². The molecule has 7 nitrogen and oxygen atoms in total. The molecular weight excluding hydrogens is 291 g/mol. The molecule has 1 saturated heterocycles. The maximum Gasteiger partial charge on any atom is 0.504 e. The van der Waals surface area contributed by atoms with Gasteiger partial charge in [-0.25, -0.2) is 4.79 Å². The summed E-state index contributed by atoms with van der Waals surface area (Å²) < 4.78 is 37.4. The highest BCUT2D eigenvalue weighted by atomic mass is 19.4. The van der Waals surface area contributed by atoms with E-state index in [2.05, 4.69) is 5.10 Å². The molecule has 2 N–H and O–H groups in total. The van der Waals surface area contributed by atoms with E-state index in [0.717, 1.165) is 17.3 Å². The molecule has 0 bridgehead atoms. The fourth-order valence-electron chi connectivity index (χ4n) is 2.25. The monoisotopic (exact) mass is 305 g/mol. The lowest BCUT2D eigenvalue weighted by Crippen LogP contribution is -2.65. The Morgan fingerprint density at radius 1 is 1.38 bits per heavy atom. The van der Waals surface area contributed by atoms with Crippen LogP contribution in [0.3, 0.4) is 0 Å². The van der Waals surface area contributed by atoms with Crippen molar-refractivity contribution in [3.63, 3.8) is 0 Å². The van der Waals surface area contributed by atoms with Crippen LogP contribution in [-0.4, -0.2) is 45.2 Å². The van der Waals surface area contributed by atoms with Crippen molar-refractivity contribution in [1.29, 1.82) is 0 Å². The standard InChI is InChI=1S/C11H14F3N5O2/c1-10(2)8(20)17(3-4-18(10)9(15)21)7-5-16-19(6-7)11(12,13)14/h5-6H,3-4H2,1-2H3,(H2,15,21). The second-order valence-corrected chi connectivity index (χ2v) is 5.12. The minimum absolute atomic E-state index is 0.0227. The predicted octanol–water partition coefficient (Wildman–Crippen LogP) is 0.865. The molecule has 0 atom stereocenters. The molecule has 3 amide bonds. The zero-order valence-electron chi connectivity index (χ0n) is 11.4. The maximum atomic E-state index is 12.5. The van der Waals surface area contributed by atoms with Crippen LogP contribution in [0.1, 0.15) is 13.8 Å². The van der Waals surface area contributed by atoms with Crippen LogP contribution in [0.25, 0.3) is 0 Å². The van der Waals surface area contributed by atoms with Gasteiger partial charge in [-0.1, -0.05) is 0 Å². The molecule has 21 heavy (non-hydrogen) atoms. The smallest absolute Gasteiger partial charge is 0.351 e. The van der Waals surface area contributed by atoms with Crippen LogP contribution < -0.4 is 10.6 Å². The summed E-state index contributed by atoms with van der Waals surface area (Å²) in [6, 6.07) is -0.751. The molecule has 10 heteroatoms. The van der Waals surface area contributed by atoms with Gasteiger partial charge in [0.15, 0.2) is 0 Å². The lowest BCUT2D eigenvalue weighted by molar-refractivity contribution is -0.212. The molecule has 0 aliphatic carbocycles. The predicted molar refractivity (Wildman–Crippen MR) is 66.2 cm³/mol. The molecule has 0 radical (unpaired) electrons. The Labute approximate surface area is 118 Å². The van der Waals surface area contributed by atoms with Gasteiger partial charge in [0.1, 0.15) is 5.54 Å². The summed E-state index contributed by atoms with van der Waals surface area (Å²) in [5.74, 6) is -0.519. The molecule has 0 saturated carbocycles. The average molecular weight is 305 g/mol. The molecule has 2 heterocycles. The first-order valence-corrected chi connectivity index (χ1v) is 6.06. The number of carbonyl (C=O) groups excluding carboxylic acids is 2. The van der Waals surface area contributed by atoms with E-state index in [1.165, 1.54) is 18.7 Å². The van der Waals surface area contributed by atoms with Gasteiger partial charge >= 0.3 is 12.3 Å². The topological polar surface area (TPSA) is 84.5 Å². The Morgan fingerprint density at radius 3 is 2.48 bits per heavy atom. The lowest BCUT2D eigenvalue weighted by Gasteiger charge is -2.44. The van der Waals surface area contributed by atoms with Gasteiger partial charge in [0.25, 0.3) is 5.91 Å². The molecule has 2 rings (SSSR count). The van der Waals surface area contributed by atoms with Crippen LogP contribution in [0, 0.1) is 0 Å². The quantitative estimate of drug-likeness (QED) is 0.835. The Hall–Kier alpha value is -2.26. The van der Waals surface area contributed by atoms with E-state index in [1.807, 2.05) is 0 Å². The molecule has 0 unspecified atom stereocenters. The van der Waals surface area contributed by atoms with Crippen LogP contribution in [0.4, 0.5) is 23.7 Å². The van der Waals surface area contributed by atoms with Crippen molar-refractivity contribution in [3.05, 3.63) is 12.4 Å². The number of urea groups is 1. The van der Waals surface area contributed by atoms with Crippen molar-refractivity contribution in [2.45, 2.75) is 25.7 Å². The molecule has 1 aromatic heterocycles. The number of hydrogen-bond acceptors (Lipinski definition) is 3. The van der Waals surface area contributed by atoms with Gasteiger partial charge in [-0.15, -0.1) is 13.2 Å². The second-order valence-electron chi connectivity index (χ2n) is 5.12. The normalized spacial score (nSPS) is 19.0. The molecule has 1 aliphatic rings. The lowest BCUT2D eigenvalue weighted by atomic mass is 9.97. The highest BCUT2D eigenvalue weighted by Gasteiger charge is 2.44. The highest BCUT2D eigenvalue weighted by molar-refractivity contribution is 6.02. The number of carbonyl (C=O) groups is 2. The Balaban J connectivity index is 2.29. The molecule has 1 fully saturated rings. The van der Waals surface area contributed by atoms with Gasteiger partial charge in [0.05, 0.1) is 18.1 Å². The molecule has 0 spiro atoms. The zero-order valence-corrected chi connectivity index (χ0v) is 11.4. The number of piperazine rings is 1. The highest BCUT2D eigenvalue weighted by Crippen LogP contribution is 2.29. The fourth-order valence-corrected chi connectivity index (χ4v) is 2.25. The number of nitrogens with zero attached hydrogens (tertiary/aromatic N) is 4. The summed E-state index contributed by atoms with van der Waals surface area (Å²) in [5.41, 5.74) is 3.99. The minimum atomic E-state index is -4.65. The first-order valence-electron chi connectivity index (χ1n) is 6.06. The van der Waals surface area contributed by atoms with E-state index >= 15 is 0 Å². The number of rotatable bonds is 1. The first-order chi connectivity index (χ1) is 9.55. The summed E-state index contributed by atoms with van der Waals surface area (Å²) in [5, 5.41) is 3.19. The van der Waals surface area contributed by atoms with Crippen molar-refractivity contribution >= 4 is 17.6 Å². The fraction of sp³-hybridized carbons (Fsp3) is 0.545. The summed E-state index contributed by atoms with van der Waals surface area (Å²) in [7, 11) is 0. The third-order valence-corrected chi connectivity index (χ3v) is 3.40. The maximum absolute atomic E-state index is 12.5. The van der Waals surface area contributed by atoms with E-state index in [9.17, 15) is 22.8 Å². The van der Waals surface area contributed by atoms with Gasteiger partial charge < -0.3 is 15.5 Å². The Morgan fingerprint density at radius 2 is 2.00 bits per heavy atom. The summed E-state index contributed by atoms with van der Waals surface area (Å²) in [6.45, 7) is 3.15. The first kappa shape index (κ1) is 15.1. The van der Waals surface area contributed by atoms with Crippen LogP contribution in [0.2, 0.25) is 0 Å². The van der Waals surface area contributed by atoms with Crippen molar-refractivity contribution in [2.24, 2.45) is 5.73 Å². The summed E-state index contributed by atoms with van der Waals surface area (Å²) in [6.07, 6.45) is -2.96. The number of hydrogen-bond donors (Lipinski definition) is 1. The SMILES string of the molecule is CC1(C)C(=O)N(c2cnn(C(F)(F)F)c2)CCN1C(N)=O. The Kier molecular flexibility index (Phi) is 3.34. The Bertz CT molecular complexity index is 581. The van der Waals surface area contributed by atoms with Gasteiger partial charge in [0, 0.05) is 13.1 Å². The van der Waals surface area contributed by atoms with Gasteiger partial charge in [-0.05, 0) is 13.8 Å². The molecule has 116 valence electrons. The van der Waals surface area contributed by atoms with Gasteiger partial charge in [-0.2, -0.15) is 9.78 Å². The number of alkyl halides is 3. The van der Waals surface area contributed by atoms with E-state index in [1.54, 1.807) is 0 Å². The zero-order chi connectivity index (χ0) is 16.0. The second kappa shape index (κ2) is 4.64. The number of primary amides is 1.